The number of hydrogen-bond acceptors (Lipinski definition) is 3. The van der Waals surface area contributed by atoms with Gasteiger partial charge in [0.2, 0.25) is 0 Å². The summed E-state index contributed by atoms with van der Waals surface area (Å²) >= 11 is 0. The van der Waals surface area contributed by atoms with Crippen molar-refractivity contribution in [3.8, 4) is 5.75 Å². The van der Waals surface area contributed by atoms with E-state index in [2.05, 4.69) is 27.6 Å². The number of nitrogens with one attached hydrogen (secondary N) is 2. The van der Waals surface area contributed by atoms with Gasteiger partial charge in [-0.2, -0.15) is 5.10 Å². The maximum absolute atomic E-state index is 5.67. The molecule has 0 radical (unpaired) electrons. The summed E-state index contributed by atoms with van der Waals surface area (Å²) in [6.07, 6.45) is 4.70. The van der Waals surface area contributed by atoms with Crippen LogP contribution >= 0.6 is 24.0 Å². The third-order valence-corrected chi connectivity index (χ3v) is 3.52. The van der Waals surface area contributed by atoms with Gasteiger partial charge in [0.15, 0.2) is 5.96 Å². The van der Waals surface area contributed by atoms with Crippen LogP contribution in [0.2, 0.25) is 0 Å². The number of aliphatic imine (C=N–C) groups is 1. The smallest absolute Gasteiger partial charge is 0.190 e. The fourth-order valence-corrected chi connectivity index (χ4v) is 2.27. The van der Waals surface area contributed by atoms with E-state index in [1.54, 1.807) is 13.2 Å². The van der Waals surface area contributed by atoms with Crippen LogP contribution in [0.1, 0.15) is 13.3 Å². The Hall–Kier alpha value is -1.77. The highest BCUT2D eigenvalue weighted by atomic mass is 127. The van der Waals surface area contributed by atoms with E-state index in [-0.39, 0.29) is 24.0 Å². The highest BCUT2D eigenvalue weighted by Gasteiger charge is 2.05. The topological polar surface area (TPSA) is 63.5 Å². The lowest BCUT2D eigenvalue weighted by molar-refractivity contribution is 0.311. The first kappa shape index (κ1) is 21.3. The second-order valence-electron chi connectivity index (χ2n) is 5.73. The first-order chi connectivity index (χ1) is 11.8. The molecule has 1 atom stereocenters. The van der Waals surface area contributed by atoms with E-state index in [9.17, 15) is 0 Å². The van der Waals surface area contributed by atoms with Gasteiger partial charge in [0.1, 0.15) is 5.75 Å². The normalized spacial score (nSPS) is 12.2. The van der Waals surface area contributed by atoms with Crippen LogP contribution in [0, 0.1) is 5.92 Å². The molecule has 0 aliphatic rings. The number of rotatable bonds is 9. The molecular weight excluding hydrogens is 429 g/mol. The molecule has 0 saturated heterocycles. The number of nitrogens with zero attached hydrogens (tertiary/aromatic N) is 3. The summed E-state index contributed by atoms with van der Waals surface area (Å²) in [4.78, 5) is 4.24. The lowest BCUT2D eigenvalue weighted by atomic mass is 10.2. The molecule has 25 heavy (non-hydrogen) atoms. The standard InChI is InChI=1S/C18H27N5O.HI/c1-16(15-23-12-6-11-22-23)14-21-18(19-2)20-10-7-13-24-17-8-4-3-5-9-17;/h3-6,8-9,11-12,16H,7,10,13-15H2,1-2H3,(H2,19,20,21);1H. The van der Waals surface area contributed by atoms with Crippen LogP contribution in [-0.4, -0.2) is 42.5 Å². The Morgan fingerprint density at radius 1 is 1.24 bits per heavy atom. The fraction of sp³-hybridized carbons (Fsp3) is 0.444. The highest BCUT2D eigenvalue weighted by Crippen LogP contribution is 2.08. The summed E-state index contributed by atoms with van der Waals surface area (Å²) in [6.45, 7) is 5.43. The number of para-hydroxylation sites is 1. The van der Waals surface area contributed by atoms with Gasteiger partial charge < -0.3 is 15.4 Å². The minimum absolute atomic E-state index is 0. The minimum atomic E-state index is 0. The van der Waals surface area contributed by atoms with Gasteiger partial charge in [-0.25, -0.2) is 0 Å². The molecule has 138 valence electrons. The van der Waals surface area contributed by atoms with E-state index in [0.29, 0.717) is 12.5 Å². The Kier molecular flexibility index (Phi) is 10.7. The van der Waals surface area contributed by atoms with Crippen molar-refractivity contribution in [2.75, 3.05) is 26.7 Å². The Labute approximate surface area is 167 Å². The number of hydrogen-bond donors (Lipinski definition) is 2. The molecule has 0 spiro atoms. The maximum atomic E-state index is 5.67. The van der Waals surface area contributed by atoms with E-state index < -0.39 is 0 Å². The van der Waals surface area contributed by atoms with Gasteiger partial charge >= 0.3 is 0 Å². The third-order valence-electron chi connectivity index (χ3n) is 3.52. The minimum Gasteiger partial charge on any atom is -0.494 e. The SMILES string of the molecule is CN=C(NCCCOc1ccccc1)NCC(C)Cn1cccn1.I. The number of guanidine groups is 1. The molecule has 1 aromatic carbocycles. The van der Waals surface area contributed by atoms with Crippen molar-refractivity contribution in [1.82, 2.24) is 20.4 Å². The van der Waals surface area contributed by atoms with Crippen LogP contribution in [0.5, 0.6) is 5.75 Å². The molecule has 7 heteroatoms. The molecule has 0 saturated carbocycles. The summed E-state index contributed by atoms with van der Waals surface area (Å²) in [7, 11) is 1.79. The molecule has 0 bridgehead atoms. The van der Waals surface area contributed by atoms with Gasteiger partial charge in [-0.15, -0.1) is 24.0 Å². The number of ether oxygens (including phenoxy) is 1. The summed E-state index contributed by atoms with van der Waals surface area (Å²) in [6, 6.07) is 11.8. The summed E-state index contributed by atoms with van der Waals surface area (Å²) in [5.74, 6) is 2.19. The Morgan fingerprint density at radius 2 is 2.04 bits per heavy atom. The van der Waals surface area contributed by atoms with Crippen LogP contribution in [-0.2, 0) is 6.54 Å². The highest BCUT2D eigenvalue weighted by molar-refractivity contribution is 14.0. The third kappa shape index (κ3) is 8.76. The van der Waals surface area contributed by atoms with Gasteiger partial charge in [-0.3, -0.25) is 9.67 Å². The maximum Gasteiger partial charge on any atom is 0.190 e. The van der Waals surface area contributed by atoms with Crippen molar-refractivity contribution in [2.24, 2.45) is 10.9 Å². The van der Waals surface area contributed by atoms with Crippen molar-refractivity contribution >= 4 is 29.9 Å². The second-order valence-corrected chi connectivity index (χ2v) is 5.73. The van der Waals surface area contributed by atoms with Crippen LogP contribution in [0.15, 0.2) is 53.8 Å². The monoisotopic (exact) mass is 457 g/mol. The van der Waals surface area contributed by atoms with Crippen LogP contribution < -0.4 is 15.4 Å². The molecule has 1 unspecified atom stereocenters. The first-order valence-corrected chi connectivity index (χ1v) is 8.37. The van der Waals surface area contributed by atoms with Crippen LogP contribution in [0.25, 0.3) is 0 Å². The van der Waals surface area contributed by atoms with Crippen molar-refractivity contribution < 1.29 is 4.74 Å². The fourth-order valence-electron chi connectivity index (χ4n) is 2.27. The van der Waals surface area contributed by atoms with E-state index in [4.69, 9.17) is 4.74 Å². The Bertz CT molecular complexity index is 589. The molecule has 2 aromatic rings. The van der Waals surface area contributed by atoms with E-state index in [0.717, 1.165) is 37.8 Å². The predicted octanol–water partition coefficient (Wildman–Crippen LogP) is 2.77. The lowest BCUT2D eigenvalue weighted by Gasteiger charge is -2.16. The second kappa shape index (κ2) is 12.6. The van der Waals surface area contributed by atoms with Gasteiger partial charge in [-0.1, -0.05) is 25.1 Å². The molecule has 1 aromatic heterocycles. The molecule has 0 amide bonds. The summed E-state index contributed by atoms with van der Waals surface area (Å²) in [5.41, 5.74) is 0. The molecule has 1 heterocycles. The molecular formula is C18H28IN5O. The van der Waals surface area contributed by atoms with Crippen molar-refractivity contribution in [2.45, 2.75) is 19.9 Å². The summed E-state index contributed by atoms with van der Waals surface area (Å²) < 4.78 is 7.62. The average molecular weight is 457 g/mol. The van der Waals surface area contributed by atoms with Crippen molar-refractivity contribution in [3.63, 3.8) is 0 Å². The molecule has 0 aliphatic heterocycles. The van der Waals surface area contributed by atoms with Gasteiger partial charge in [0.05, 0.1) is 6.61 Å². The zero-order valence-corrected chi connectivity index (χ0v) is 17.2. The number of halogens is 1. The Morgan fingerprint density at radius 3 is 2.72 bits per heavy atom. The number of aromatic nitrogens is 2. The van der Waals surface area contributed by atoms with Gasteiger partial charge in [0.25, 0.3) is 0 Å². The largest absolute Gasteiger partial charge is 0.494 e. The molecule has 0 fully saturated rings. The van der Waals surface area contributed by atoms with Crippen molar-refractivity contribution in [1.29, 1.82) is 0 Å². The molecule has 2 N–H and O–H groups in total. The first-order valence-electron chi connectivity index (χ1n) is 8.37. The van der Waals surface area contributed by atoms with Crippen molar-refractivity contribution in [3.05, 3.63) is 48.8 Å². The molecule has 0 aliphatic carbocycles. The van der Waals surface area contributed by atoms with E-state index in [1.165, 1.54) is 0 Å². The predicted molar refractivity (Wildman–Crippen MR) is 113 cm³/mol. The van der Waals surface area contributed by atoms with Gasteiger partial charge in [-0.05, 0) is 30.5 Å². The quantitative estimate of drug-likeness (QED) is 0.263. The molecule has 2 rings (SSSR count). The zero-order chi connectivity index (χ0) is 17.0. The van der Waals surface area contributed by atoms with E-state index >= 15 is 0 Å². The Balaban J connectivity index is 0.00000312. The van der Waals surface area contributed by atoms with E-state index in [1.807, 2.05) is 47.3 Å². The van der Waals surface area contributed by atoms with Crippen LogP contribution in [0.3, 0.4) is 0 Å². The summed E-state index contributed by atoms with van der Waals surface area (Å²) in [5, 5.41) is 10.9. The molecule has 6 nitrogen and oxygen atoms in total. The van der Waals surface area contributed by atoms with Crippen LogP contribution in [0.4, 0.5) is 0 Å². The average Bonchev–Trinajstić information content (AvgIpc) is 3.11. The lowest BCUT2D eigenvalue weighted by Crippen LogP contribution is -2.40. The van der Waals surface area contributed by atoms with Gasteiger partial charge in [0, 0.05) is 39.1 Å². The zero-order valence-electron chi connectivity index (χ0n) is 14.9. The number of benzene rings is 1.